The Morgan fingerprint density at radius 2 is 2.00 bits per heavy atom. The van der Waals surface area contributed by atoms with E-state index in [0.29, 0.717) is 33.6 Å². The first-order valence-corrected chi connectivity index (χ1v) is 9.22. The quantitative estimate of drug-likeness (QED) is 0.729. The minimum atomic E-state index is -0.121. The van der Waals surface area contributed by atoms with E-state index in [1.807, 2.05) is 18.2 Å². The molecule has 0 atom stereocenters. The summed E-state index contributed by atoms with van der Waals surface area (Å²) in [6, 6.07) is 7.32. The van der Waals surface area contributed by atoms with Gasteiger partial charge in [0.05, 0.1) is 16.7 Å². The highest BCUT2D eigenvalue weighted by molar-refractivity contribution is 7.98. The van der Waals surface area contributed by atoms with Crippen molar-refractivity contribution < 1.29 is 4.42 Å². The summed E-state index contributed by atoms with van der Waals surface area (Å²) in [5, 5.41) is 9.44. The van der Waals surface area contributed by atoms with E-state index in [-0.39, 0.29) is 5.56 Å². The average Bonchev–Trinajstić information content (AvgIpc) is 3.10. The van der Waals surface area contributed by atoms with Crippen molar-refractivity contribution in [1.29, 1.82) is 0 Å². The third-order valence-corrected chi connectivity index (χ3v) is 5.20. The van der Waals surface area contributed by atoms with Crippen LogP contribution < -0.4 is 5.56 Å². The van der Waals surface area contributed by atoms with Crippen LogP contribution in [0.15, 0.2) is 38.7 Å². The fourth-order valence-corrected chi connectivity index (χ4v) is 3.77. The number of para-hydroxylation sites is 1. The number of nitrogens with one attached hydrogen (secondary N) is 1. The number of hydrogen-bond donors (Lipinski definition) is 1. The molecule has 0 aliphatic heterocycles. The summed E-state index contributed by atoms with van der Waals surface area (Å²) in [6.45, 7) is 0. The molecule has 0 unspecified atom stereocenters. The van der Waals surface area contributed by atoms with E-state index in [4.69, 9.17) is 4.42 Å². The van der Waals surface area contributed by atoms with Gasteiger partial charge in [0, 0.05) is 5.92 Å². The van der Waals surface area contributed by atoms with Crippen molar-refractivity contribution in [3.8, 4) is 0 Å². The molecule has 0 saturated heterocycles. The van der Waals surface area contributed by atoms with Crippen LogP contribution in [0.3, 0.4) is 0 Å². The van der Waals surface area contributed by atoms with Gasteiger partial charge in [-0.2, -0.15) is 0 Å². The van der Waals surface area contributed by atoms with E-state index in [1.54, 1.807) is 6.07 Å². The summed E-state index contributed by atoms with van der Waals surface area (Å²) >= 11 is 1.40. The Hall–Kier alpha value is -2.15. The molecule has 3 aromatic rings. The van der Waals surface area contributed by atoms with Crippen molar-refractivity contribution in [3.63, 3.8) is 0 Å². The zero-order valence-corrected chi connectivity index (χ0v) is 14.0. The first-order chi connectivity index (χ1) is 11.8. The first-order valence-electron chi connectivity index (χ1n) is 8.24. The smallest absolute Gasteiger partial charge is 0.277 e. The van der Waals surface area contributed by atoms with Crippen molar-refractivity contribution >= 4 is 22.7 Å². The lowest BCUT2D eigenvalue weighted by molar-refractivity contribution is 0.334. The molecule has 1 saturated carbocycles. The number of nitrogens with zero attached hydrogens (tertiary/aromatic N) is 3. The molecule has 124 valence electrons. The molecule has 24 heavy (non-hydrogen) atoms. The lowest BCUT2D eigenvalue weighted by Gasteiger charge is -2.17. The maximum absolute atomic E-state index is 12.1. The Labute approximate surface area is 143 Å². The summed E-state index contributed by atoms with van der Waals surface area (Å²) in [7, 11) is 0. The number of fused-ring (bicyclic) bond motifs is 1. The van der Waals surface area contributed by atoms with E-state index in [2.05, 4.69) is 20.2 Å². The lowest BCUT2D eigenvalue weighted by Crippen LogP contribution is -2.11. The summed E-state index contributed by atoms with van der Waals surface area (Å²) in [5.74, 6) is 2.25. The van der Waals surface area contributed by atoms with E-state index in [1.165, 1.54) is 31.0 Å². The van der Waals surface area contributed by atoms with Gasteiger partial charge in [-0.25, -0.2) is 4.98 Å². The molecule has 2 aromatic heterocycles. The molecule has 1 aromatic carbocycles. The largest absolute Gasteiger partial charge is 0.416 e. The number of benzene rings is 1. The van der Waals surface area contributed by atoms with Crippen LogP contribution in [0.5, 0.6) is 0 Å². The van der Waals surface area contributed by atoms with Crippen LogP contribution >= 0.6 is 11.8 Å². The molecule has 0 radical (unpaired) electrons. The fourth-order valence-electron chi connectivity index (χ4n) is 3.13. The van der Waals surface area contributed by atoms with Crippen molar-refractivity contribution in [3.05, 3.63) is 46.3 Å². The molecule has 1 aliphatic carbocycles. The third kappa shape index (κ3) is 3.21. The van der Waals surface area contributed by atoms with Gasteiger partial charge in [-0.1, -0.05) is 43.2 Å². The van der Waals surface area contributed by atoms with Crippen LogP contribution in [-0.4, -0.2) is 20.2 Å². The Morgan fingerprint density at radius 1 is 1.17 bits per heavy atom. The van der Waals surface area contributed by atoms with Crippen molar-refractivity contribution in [1.82, 2.24) is 20.2 Å². The average molecular weight is 342 g/mol. The van der Waals surface area contributed by atoms with Crippen LogP contribution in [0.2, 0.25) is 0 Å². The SMILES string of the molecule is O=c1[nH]c(CSc2nnc(C3CCCCC3)o2)nc2ccccc12. The zero-order chi connectivity index (χ0) is 16.4. The number of aromatic amines is 1. The molecule has 1 N–H and O–H groups in total. The minimum Gasteiger partial charge on any atom is -0.416 e. The Morgan fingerprint density at radius 3 is 2.88 bits per heavy atom. The molecule has 2 heterocycles. The predicted octanol–water partition coefficient (Wildman–Crippen LogP) is 3.65. The van der Waals surface area contributed by atoms with Gasteiger partial charge in [0.25, 0.3) is 10.8 Å². The van der Waals surface area contributed by atoms with Gasteiger partial charge < -0.3 is 9.40 Å². The number of H-pyrrole nitrogens is 1. The van der Waals surface area contributed by atoms with Crippen LogP contribution in [0.4, 0.5) is 0 Å². The minimum absolute atomic E-state index is 0.121. The molecule has 7 heteroatoms. The first kappa shape index (κ1) is 15.4. The van der Waals surface area contributed by atoms with E-state index >= 15 is 0 Å². The maximum atomic E-state index is 12.1. The van der Waals surface area contributed by atoms with Crippen LogP contribution in [0, 0.1) is 0 Å². The number of thioether (sulfide) groups is 1. The summed E-state index contributed by atoms with van der Waals surface area (Å²) in [4.78, 5) is 19.4. The molecule has 0 bridgehead atoms. The standard InChI is InChI=1S/C17H18N4O2S/c22-15-12-8-4-5-9-13(12)18-14(19-15)10-24-17-21-20-16(23-17)11-6-2-1-3-7-11/h4-5,8-9,11H,1-3,6-7,10H2,(H,18,19,22). The molecule has 0 amide bonds. The van der Waals surface area contributed by atoms with Gasteiger partial charge in [-0.15, -0.1) is 10.2 Å². The molecular formula is C17H18N4O2S. The van der Waals surface area contributed by atoms with Gasteiger partial charge in [0.2, 0.25) is 5.89 Å². The molecule has 6 nitrogen and oxygen atoms in total. The van der Waals surface area contributed by atoms with Crippen LogP contribution in [0.25, 0.3) is 10.9 Å². The van der Waals surface area contributed by atoms with Gasteiger partial charge in [-0.05, 0) is 25.0 Å². The van der Waals surface area contributed by atoms with Crippen molar-refractivity contribution in [2.75, 3.05) is 0 Å². The van der Waals surface area contributed by atoms with E-state index in [0.717, 1.165) is 18.7 Å². The lowest BCUT2D eigenvalue weighted by atomic mass is 9.89. The normalized spacial score (nSPS) is 15.8. The van der Waals surface area contributed by atoms with Crippen LogP contribution in [-0.2, 0) is 5.75 Å². The Balaban J connectivity index is 1.47. The number of rotatable bonds is 4. The topological polar surface area (TPSA) is 84.7 Å². The van der Waals surface area contributed by atoms with E-state index in [9.17, 15) is 4.79 Å². The Bertz CT molecular complexity index is 899. The fraction of sp³-hybridized carbons (Fsp3) is 0.412. The monoisotopic (exact) mass is 342 g/mol. The summed E-state index contributed by atoms with van der Waals surface area (Å²) < 4.78 is 5.78. The maximum Gasteiger partial charge on any atom is 0.277 e. The second-order valence-electron chi connectivity index (χ2n) is 6.06. The van der Waals surface area contributed by atoms with Gasteiger partial charge in [0.15, 0.2) is 0 Å². The molecule has 0 spiro atoms. The second-order valence-corrected chi connectivity index (χ2v) is 6.99. The number of hydrogen-bond acceptors (Lipinski definition) is 6. The molecular weight excluding hydrogens is 324 g/mol. The summed E-state index contributed by atoms with van der Waals surface area (Å²) in [6.07, 6.45) is 6.03. The molecule has 1 fully saturated rings. The highest BCUT2D eigenvalue weighted by atomic mass is 32.2. The van der Waals surface area contributed by atoms with Gasteiger partial charge in [-0.3, -0.25) is 4.79 Å². The van der Waals surface area contributed by atoms with Gasteiger partial charge in [0.1, 0.15) is 5.82 Å². The second kappa shape index (κ2) is 6.76. The molecule has 4 rings (SSSR count). The van der Waals surface area contributed by atoms with Crippen molar-refractivity contribution in [2.24, 2.45) is 0 Å². The zero-order valence-electron chi connectivity index (χ0n) is 13.2. The van der Waals surface area contributed by atoms with Crippen molar-refractivity contribution in [2.45, 2.75) is 49.0 Å². The highest BCUT2D eigenvalue weighted by Gasteiger charge is 2.21. The third-order valence-electron chi connectivity index (χ3n) is 4.37. The number of aromatic nitrogens is 4. The summed E-state index contributed by atoms with van der Waals surface area (Å²) in [5.41, 5.74) is 0.579. The predicted molar refractivity (Wildman–Crippen MR) is 92.0 cm³/mol. The van der Waals surface area contributed by atoms with Gasteiger partial charge >= 0.3 is 0 Å². The van der Waals surface area contributed by atoms with Crippen LogP contribution in [0.1, 0.15) is 49.7 Å². The molecule has 1 aliphatic rings. The Kier molecular flexibility index (Phi) is 4.34. The van der Waals surface area contributed by atoms with E-state index < -0.39 is 0 Å². The highest BCUT2D eigenvalue weighted by Crippen LogP contribution is 2.33.